The van der Waals surface area contributed by atoms with Gasteiger partial charge in [-0.2, -0.15) is 26.3 Å². The summed E-state index contributed by atoms with van der Waals surface area (Å²) in [5.74, 6) is -3.89. The van der Waals surface area contributed by atoms with Crippen molar-refractivity contribution in [2.45, 2.75) is 47.8 Å². The number of carbonyl (C=O) groups is 4. The third-order valence-corrected chi connectivity index (χ3v) is 9.89. The number of benzene rings is 2. The Hall–Kier alpha value is -5.79. The standard InChI is InChI=1S/C35H43F6N13O4S2/c36-34(37,38)19-14-21(51-26(55)4-9-49-32(44)45)28(59-11-6-42)23(16-19)53-30(57)18-3-1-2-8-48-25(13-18)31(58)54-24-17-20(35(39,40)41)15-22(29(24)60-12-7-43)52-27(56)5-10-50-33(46)47/h3,8,13-17H,1-2,4-7,9-12,42-43H2,(H,51,55)(H,52,56)(H,53,57)(H,54,58)(H4,44,45,49)(H4,46,47,50). The fourth-order valence-electron chi connectivity index (χ4n) is 4.97. The Balaban J connectivity index is 2.06. The highest BCUT2D eigenvalue weighted by molar-refractivity contribution is 7.99. The lowest BCUT2D eigenvalue weighted by molar-refractivity contribution is -0.138. The van der Waals surface area contributed by atoms with Gasteiger partial charge in [-0.25, -0.2) is 0 Å². The molecule has 1 aliphatic heterocycles. The summed E-state index contributed by atoms with van der Waals surface area (Å²) in [7, 11) is 0. The van der Waals surface area contributed by atoms with Gasteiger partial charge in [-0.15, -0.1) is 23.5 Å². The maximum atomic E-state index is 14.1. The molecule has 4 amide bonds. The Labute approximate surface area is 347 Å². The number of nitrogens with one attached hydrogen (secondary N) is 4. The Morgan fingerprint density at radius 1 is 0.650 bits per heavy atom. The molecule has 2 aromatic rings. The van der Waals surface area contributed by atoms with Crippen molar-refractivity contribution in [3.63, 3.8) is 0 Å². The second-order valence-electron chi connectivity index (χ2n) is 12.3. The largest absolute Gasteiger partial charge is 0.416 e. The first-order valence-corrected chi connectivity index (χ1v) is 19.6. The van der Waals surface area contributed by atoms with E-state index < -0.39 is 52.8 Å². The number of halogens is 6. The van der Waals surface area contributed by atoms with Gasteiger partial charge in [0.1, 0.15) is 5.70 Å². The number of nitrogens with two attached hydrogens (primary N) is 6. The zero-order valence-electron chi connectivity index (χ0n) is 31.6. The molecule has 1 aliphatic rings. The average molecular weight is 888 g/mol. The number of alkyl halides is 6. The number of hydrogen-bond acceptors (Lipinski definition) is 11. The van der Waals surface area contributed by atoms with Crippen LogP contribution in [0.25, 0.3) is 0 Å². The monoisotopic (exact) mass is 887 g/mol. The Morgan fingerprint density at radius 3 is 1.47 bits per heavy atom. The zero-order chi connectivity index (χ0) is 44.6. The Kier molecular flexibility index (Phi) is 18.3. The number of guanidine groups is 2. The molecule has 16 N–H and O–H groups in total. The molecule has 25 heteroatoms. The molecule has 1 heterocycles. The predicted molar refractivity (Wildman–Crippen MR) is 221 cm³/mol. The molecule has 0 aliphatic carbocycles. The van der Waals surface area contributed by atoms with Crippen LogP contribution in [0.3, 0.4) is 0 Å². The number of carbonyl (C=O) groups excluding carboxylic acids is 4. The van der Waals surface area contributed by atoms with E-state index in [1.807, 2.05) is 0 Å². The van der Waals surface area contributed by atoms with Crippen LogP contribution < -0.4 is 55.7 Å². The molecule has 0 radical (unpaired) electrons. The van der Waals surface area contributed by atoms with E-state index in [0.717, 1.165) is 29.6 Å². The average Bonchev–Trinajstić information content (AvgIpc) is 3.12. The highest BCUT2D eigenvalue weighted by atomic mass is 32.2. The summed E-state index contributed by atoms with van der Waals surface area (Å²) in [5.41, 5.74) is 27.9. The van der Waals surface area contributed by atoms with Gasteiger partial charge in [0.2, 0.25) is 11.8 Å². The normalized spacial score (nSPS) is 12.9. The first-order chi connectivity index (χ1) is 28.2. The predicted octanol–water partition coefficient (Wildman–Crippen LogP) is 3.28. The van der Waals surface area contributed by atoms with Gasteiger partial charge in [-0.1, -0.05) is 6.08 Å². The molecule has 0 bridgehead atoms. The molecule has 17 nitrogen and oxygen atoms in total. The Morgan fingerprint density at radius 2 is 1.07 bits per heavy atom. The van der Waals surface area contributed by atoms with Crippen molar-refractivity contribution in [1.29, 1.82) is 0 Å². The van der Waals surface area contributed by atoms with Crippen LogP contribution in [0.5, 0.6) is 0 Å². The van der Waals surface area contributed by atoms with Gasteiger partial charge in [0, 0.05) is 49.2 Å². The van der Waals surface area contributed by atoms with E-state index in [9.17, 15) is 45.5 Å². The lowest BCUT2D eigenvalue weighted by Crippen LogP contribution is -2.24. The highest BCUT2D eigenvalue weighted by Crippen LogP contribution is 2.43. The minimum atomic E-state index is -4.94. The van der Waals surface area contributed by atoms with Gasteiger partial charge >= 0.3 is 12.4 Å². The molecule has 2 aromatic carbocycles. The van der Waals surface area contributed by atoms with Crippen molar-refractivity contribution in [3.8, 4) is 0 Å². The van der Waals surface area contributed by atoms with Crippen molar-refractivity contribution >= 4 is 88.0 Å². The summed E-state index contributed by atoms with van der Waals surface area (Å²) in [5, 5.41) is 9.61. The van der Waals surface area contributed by atoms with E-state index in [2.05, 4.69) is 36.2 Å². The van der Waals surface area contributed by atoms with Crippen molar-refractivity contribution < 1.29 is 45.5 Å². The second kappa shape index (κ2) is 22.5. The number of allylic oxidation sites excluding steroid dienone is 1. The highest BCUT2D eigenvalue weighted by Gasteiger charge is 2.34. The molecular weight excluding hydrogens is 845 g/mol. The summed E-state index contributed by atoms with van der Waals surface area (Å²) in [6.45, 7) is -0.213. The minimum Gasteiger partial charge on any atom is -0.370 e. The Bertz CT molecular complexity index is 2060. The molecule has 0 spiro atoms. The number of hydrogen-bond donors (Lipinski definition) is 10. The lowest BCUT2D eigenvalue weighted by atomic mass is 10.1. The number of amides is 4. The van der Waals surface area contributed by atoms with Gasteiger partial charge in [-0.05, 0) is 43.2 Å². The van der Waals surface area contributed by atoms with Crippen LogP contribution >= 0.6 is 23.5 Å². The fourth-order valence-corrected chi connectivity index (χ4v) is 6.68. The van der Waals surface area contributed by atoms with Gasteiger partial charge in [-0.3, -0.25) is 34.2 Å². The van der Waals surface area contributed by atoms with E-state index in [1.165, 1.54) is 12.3 Å². The van der Waals surface area contributed by atoms with Gasteiger partial charge < -0.3 is 55.7 Å². The van der Waals surface area contributed by atoms with E-state index >= 15 is 0 Å². The third kappa shape index (κ3) is 15.4. The maximum absolute atomic E-state index is 14.1. The molecule has 0 atom stereocenters. The molecule has 0 aromatic heterocycles. The number of thioether (sulfide) groups is 2. The van der Waals surface area contributed by atoms with Crippen molar-refractivity contribution in [3.05, 3.63) is 58.8 Å². The third-order valence-electron chi connectivity index (χ3n) is 7.55. The van der Waals surface area contributed by atoms with Crippen molar-refractivity contribution in [2.24, 2.45) is 49.4 Å². The van der Waals surface area contributed by atoms with E-state index in [1.54, 1.807) is 0 Å². The van der Waals surface area contributed by atoms with Crippen LogP contribution in [0.2, 0.25) is 0 Å². The SMILES string of the molecule is NCCSc1c(NC(=O)CCN=C(N)N)cc(C(F)(F)F)cc1NC(=O)C1=CCCC=NC(C(=O)Nc2cc(C(F)(F)F)cc(NC(=O)CCN=C(N)N)c2SCCN)=C1. The number of rotatable bonds is 18. The minimum absolute atomic E-state index is 0.00658. The second-order valence-corrected chi connectivity index (χ2v) is 14.5. The van der Waals surface area contributed by atoms with Gasteiger partial charge in [0.15, 0.2) is 11.9 Å². The van der Waals surface area contributed by atoms with Crippen molar-refractivity contribution in [1.82, 2.24) is 0 Å². The fraction of sp³-hybridized carbons (Fsp3) is 0.343. The maximum Gasteiger partial charge on any atom is 0.416 e. The van der Waals surface area contributed by atoms with E-state index in [-0.39, 0.29) is 113 Å². The number of nitrogens with zero attached hydrogens (tertiary/aromatic N) is 3. The molecule has 0 unspecified atom stereocenters. The molecular formula is C35H43F6N13O4S2. The van der Waals surface area contributed by atoms with Gasteiger partial charge in [0.25, 0.3) is 11.8 Å². The molecule has 326 valence electrons. The van der Waals surface area contributed by atoms with E-state index in [4.69, 9.17) is 34.4 Å². The van der Waals surface area contributed by atoms with Crippen LogP contribution in [0.4, 0.5) is 49.1 Å². The van der Waals surface area contributed by atoms with Crippen LogP contribution in [0, 0.1) is 0 Å². The quantitative estimate of drug-likeness (QED) is 0.0447. The van der Waals surface area contributed by atoms with Crippen LogP contribution in [0.1, 0.15) is 36.8 Å². The summed E-state index contributed by atoms with van der Waals surface area (Å²) < 4.78 is 84.8. The van der Waals surface area contributed by atoms with Crippen LogP contribution in [-0.2, 0) is 31.5 Å². The smallest absolute Gasteiger partial charge is 0.370 e. The first kappa shape index (κ1) is 48.6. The summed E-state index contributed by atoms with van der Waals surface area (Å²) in [6, 6.07) is 2.68. The number of aliphatic imine (C=N–C) groups is 3. The molecule has 0 fully saturated rings. The van der Waals surface area contributed by atoms with E-state index in [0.29, 0.717) is 24.3 Å². The number of anilines is 4. The molecule has 0 saturated carbocycles. The van der Waals surface area contributed by atoms with Crippen LogP contribution in [0.15, 0.2) is 72.5 Å². The van der Waals surface area contributed by atoms with Crippen molar-refractivity contribution in [2.75, 3.05) is 59.0 Å². The summed E-state index contributed by atoms with van der Waals surface area (Å²) in [6.07, 6.45) is -6.42. The summed E-state index contributed by atoms with van der Waals surface area (Å²) in [4.78, 5) is 64.5. The van der Waals surface area contributed by atoms with Crippen LogP contribution in [-0.4, -0.2) is 79.4 Å². The molecule has 3 rings (SSSR count). The van der Waals surface area contributed by atoms with Gasteiger partial charge in [0.05, 0.1) is 56.8 Å². The topological polar surface area (TPSA) is 310 Å². The molecule has 0 saturated heterocycles. The lowest BCUT2D eigenvalue weighted by Gasteiger charge is -2.20. The zero-order valence-corrected chi connectivity index (χ0v) is 33.3. The first-order valence-electron chi connectivity index (χ1n) is 17.7. The summed E-state index contributed by atoms with van der Waals surface area (Å²) >= 11 is 1.87. The molecule has 60 heavy (non-hydrogen) atoms.